The minimum Gasteiger partial charge on any atom is -0.360 e. The molecule has 1 aliphatic rings. The van der Waals surface area contributed by atoms with E-state index in [-0.39, 0.29) is 16.5 Å². The van der Waals surface area contributed by atoms with Gasteiger partial charge in [-0.1, -0.05) is 17.3 Å². The molecule has 2 aromatic carbocycles. The highest BCUT2D eigenvalue weighted by molar-refractivity contribution is 7.92. The second-order valence-electron chi connectivity index (χ2n) is 6.62. The van der Waals surface area contributed by atoms with Gasteiger partial charge < -0.3 is 4.52 Å². The van der Waals surface area contributed by atoms with Crippen molar-refractivity contribution in [1.82, 2.24) is 5.16 Å². The summed E-state index contributed by atoms with van der Waals surface area (Å²) in [6.45, 7) is 3.69. The molecule has 144 valence electrons. The monoisotopic (exact) mass is 399 g/mol. The number of hydrogen-bond acceptors (Lipinski definition) is 5. The first-order chi connectivity index (χ1) is 13.3. The standard InChI is InChI=1S/C20H18FN3O3S/c1-12-20(13(2)27-23-12)28(25,26)24-17-5-3-4-15(11-17)19-18-7-6-16(21)10-14(18)8-9-22-19/h3-7,10-11,24H,8-9H2,1-2H3. The molecule has 0 atom stereocenters. The lowest BCUT2D eigenvalue weighted by Crippen LogP contribution is -2.16. The number of sulfonamides is 1. The summed E-state index contributed by atoms with van der Waals surface area (Å²) in [5.41, 5.74) is 3.93. The molecule has 0 amide bonds. The Hall–Kier alpha value is -3.00. The molecule has 0 saturated heterocycles. The number of fused-ring (bicyclic) bond motifs is 1. The largest absolute Gasteiger partial charge is 0.360 e. The number of benzene rings is 2. The Bertz CT molecular complexity index is 1180. The molecule has 2 heterocycles. The highest BCUT2D eigenvalue weighted by Gasteiger charge is 2.24. The van der Waals surface area contributed by atoms with Gasteiger partial charge in [0.2, 0.25) is 0 Å². The Kier molecular flexibility index (Phi) is 4.50. The summed E-state index contributed by atoms with van der Waals surface area (Å²) >= 11 is 0. The molecule has 0 unspecified atom stereocenters. The van der Waals surface area contributed by atoms with Crippen molar-refractivity contribution in [2.75, 3.05) is 11.3 Å². The average Bonchev–Trinajstić information content (AvgIpc) is 3.00. The van der Waals surface area contributed by atoms with Crippen LogP contribution in [-0.2, 0) is 16.4 Å². The van der Waals surface area contributed by atoms with E-state index in [2.05, 4.69) is 14.9 Å². The third-order valence-electron chi connectivity index (χ3n) is 4.60. The van der Waals surface area contributed by atoms with Crippen molar-refractivity contribution in [3.8, 4) is 0 Å². The van der Waals surface area contributed by atoms with Crippen molar-refractivity contribution in [2.24, 2.45) is 4.99 Å². The number of nitrogens with one attached hydrogen (secondary N) is 1. The lowest BCUT2D eigenvalue weighted by atomic mass is 9.93. The van der Waals surface area contributed by atoms with E-state index in [9.17, 15) is 12.8 Å². The number of anilines is 1. The lowest BCUT2D eigenvalue weighted by molar-refractivity contribution is 0.390. The summed E-state index contributed by atoms with van der Waals surface area (Å²) in [7, 11) is -3.84. The number of halogens is 1. The van der Waals surface area contributed by atoms with Gasteiger partial charge in [0.1, 0.15) is 11.5 Å². The Morgan fingerprint density at radius 3 is 2.71 bits per heavy atom. The van der Waals surface area contributed by atoms with Crippen molar-refractivity contribution in [3.63, 3.8) is 0 Å². The molecule has 4 rings (SSSR count). The second kappa shape index (κ2) is 6.87. The molecule has 8 heteroatoms. The van der Waals surface area contributed by atoms with Crippen LogP contribution in [0.25, 0.3) is 0 Å². The third-order valence-corrected chi connectivity index (χ3v) is 6.22. The molecule has 1 aromatic heterocycles. The molecular formula is C20H18FN3O3S. The maximum atomic E-state index is 13.5. The van der Waals surface area contributed by atoms with E-state index < -0.39 is 10.0 Å². The Morgan fingerprint density at radius 1 is 1.14 bits per heavy atom. The van der Waals surface area contributed by atoms with Crippen LogP contribution in [0.1, 0.15) is 28.1 Å². The molecule has 0 spiro atoms. The molecule has 0 bridgehead atoms. The number of aliphatic imine (C=N–C) groups is 1. The van der Waals surface area contributed by atoms with E-state index in [0.29, 0.717) is 24.3 Å². The van der Waals surface area contributed by atoms with Gasteiger partial charge >= 0.3 is 0 Å². The maximum Gasteiger partial charge on any atom is 0.267 e. The minimum atomic E-state index is -3.84. The molecule has 0 saturated carbocycles. The van der Waals surface area contributed by atoms with Crippen LogP contribution in [-0.4, -0.2) is 25.8 Å². The molecule has 3 aromatic rings. The molecule has 28 heavy (non-hydrogen) atoms. The Morgan fingerprint density at radius 2 is 1.96 bits per heavy atom. The van der Waals surface area contributed by atoms with Crippen LogP contribution in [0, 0.1) is 19.7 Å². The van der Waals surface area contributed by atoms with Crippen LogP contribution in [0.4, 0.5) is 10.1 Å². The first-order valence-corrected chi connectivity index (χ1v) is 10.2. The molecule has 0 fully saturated rings. The SMILES string of the molecule is Cc1noc(C)c1S(=O)(=O)Nc1cccc(C2=NCCc3cc(F)ccc32)c1. The fraction of sp³-hybridized carbons (Fsp3) is 0.200. The van der Waals surface area contributed by atoms with E-state index in [1.807, 2.05) is 6.07 Å². The normalized spacial score (nSPS) is 13.8. The number of aromatic nitrogens is 1. The van der Waals surface area contributed by atoms with Crippen LogP contribution >= 0.6 is 0 Å². The molecule has 1 N–H and O–H groups in total. The molecule has 6 nitrogen and oxygen atoms in total. The van der Waals surface area contributed by atoms with Gasteiger partial charge in [0.05, 0.1) is 5.71 Å². The Balaban J connectivity index is 1.69. The summed E-state index contributed by atoms with van der Waals surface area (Å²) in [6, 6.07) is 11.6. The van der Waals surface area contributed by atoms with Gasteiger partial charge in [0.15, 0.2) is 10.7 Å². The molecule has 1 aliphatic heterocycles. The van der Waals surface area contributed by atoms with Crippen molar-refractivity contribution in [1.29, 1.82) is 0 Å². The zero-order valence-corrected chi connectivity index (χ0v) is 16.2. The van der Waals surface area contributed by atoms with Gasteiger partial charge in [-0.3, -0.25) is 9.71 Å². The summed E-state index contributed by atoms with van der Waals surface area (Å²) in [5.74, 6) is -0.0465. The second-order valence-corrected chi connectivity index (χ2v) is 8.24. The van der Waals surface area contributed by atoms with Crippen molar-refractivity contribution in [3.05, 3.63) is 76.4 Å². The quantitative estimate of drug-likeness (QED) is 0.726. The number of hydrogen-bond donors (Lipinski definition) is 1. The summed E-state index contributed by atoms with van der Waals surface area (Å²) in [5, 5.41) is 3.70. The van der Waals surface area contributed by atoms with Gasteiger partial charge in [-0.2, -0.15) is 0 Å². The molecule has 0 aliphatic carbocycles. The van der Waals surface area contributed by atoms with Gasteiger partial charge in [0.25, 0.3) is 10.0 Å². The Labute approximate surface area is 162 Å². The lowest BCUT2D eigenvalue weighted by Gasteiger charge is -2.18. The van der Waals surface area contributed by atoms with Crippen LogP contribution in [0.15, 0.2) is 56.9 Å². The van der Waals surface area contributed by atoms with Gasteiger partial charge in [-0.05, 0) is 56.2 Å². The molecule has 0 radical (unpaired) electrons. The van der Waals surface area contributed by atoms with E-state index in [1.54, 1.807) is 38.1 Å². The predicted octanol–water partition coefficient (Wildman–Crippen LogP) is 3.62. The summed E-state index contributed by atoms with van der Waals surface area (Å²) in [4.78, 5) is 4.61. The van der Waals surface area contributed by atoms with Crippen LogP contribution in [0.3, 0.4) is 0 Å². The van der Waals surface area contributed by atoms with Crippen molar-refractivity contribution in [2.45, 2.75) is 25.2 Å². The summed E-state index contributed by atoms with van der Waals surface area (Å²) in [6.07, 6.45) is 0.676. The zero-order valence-electron chi connectivity index (χ0n) is 15.4. The first-order valence-electron chi connectivity index (χ1n) is 8.74. The maximum absolute atomic E-state index is 13.5. The van der Waals surface area contributed by atoms with Crippen LogP contribution in [0.2, 0.25) is 0 Å². The van der Waals surface area contributed by atoms with E-state index in [4.69, 9.17) is 4.52 Å². The topological polar surface area (TPSA) is 84.6 Å². The van der Waals surface area contributed by atoms with E-state index in [1.165, 1.54) is 12.1 Å². The van der Waals surface area contributed by atoms with Gasteiger partial charge in [0, 0.05) is 23.4 Å². The number of aryl methyl sites for hydroxylation is 2. The fourth-order valence-electron chi connectivity index (χ4n) is 3.41. The van der Waals surface area contributed by atoms with Gasteiger partial charge in [-0.25, -0.2) is 12.8 Å². The summed E-state index contributed by atoms with van der Waals surface area (Å²) < 4.78 is 46.6. The zero-order chi connectivity index (χ0) is 19.9. The van der Waals surface area contributed by atoms with E-state index in [0.717, 1.165) is 22.4 Å². The van der Waals surface area contributed by atoms with Crippen molar-refractivity contribution >= 4 is 21.4 Å². The fourth-order valence-corrected chi connectivity index (χ4v) is 4.80. The smallest absolute Gasteiger partial charge is 0.267 e. The van der Waals surface area contributed by atoms with Crippen LogP contribution in [0.5, 0.6) is 0 Å². The molecular weight excluding hydrogens is 381 g/mol. The van der Waals surface area contributed by atoms with Crippen LogP contribution < -0.4 is 4.72 Å². The minimum absolute atomic E-state index is 0.0359. The highest BCUT2D eigenvalue weighted by atomic mass is 32.2. The highest BCUT2D eigenvalue weighted by Crippen LogP contribution is 2.26. The average molecular weight is 399 g/mol. The number of rotatable bonds is 4. The van der Waals surface area contributed by atoms with E-state index >= 15 is 0 Å². The third kappa shape index (κ3) is 3.31. The first kappa shape index (κ1) is 18.4. The predicted molar refractivity (Wildman–Crippen MR) is 104 cm³/mol. The van der Waals surface area contributed by atoms with Crippen molar-refractivity contribution < 1.29 is 17.3 Å². The van der Waals surface area contributed by atoms with Gasteiger partial charge in [-0.15, -0.1) is 0 Å². The number of nitrogens with zero attached hydrogens (tertiary/aromatic N) is 2.